The minimum Gasteiger partial charge on any atom is -0.497 e. The molecule has 4 rings (SSSR count). The Morgan fingerprint density at radius 1 is 1.11 bits per heavy atom. The van der Waals surface area contributed by atoms with Crippen LogP contribution in [0.1, 0.15) is 12.5 Å². The Hall–Kier alpha value is -4.49. The molecule has 0 saturated carbocycles. The summed E-state index contributed by atoms with van der Waals surface area (Å²) in [5, 5.41) is 29.8. The first-order chi connectivity index (χ1) is 18.0. The van der Waals surface area contributed by atoms with Crippen LogP contribution < -0.4 is 14.2 Å². The highest BCUT2D eigenvalue weighted by atomic mass is 32.2. The molecule has 3 aromatic carbocycles. The van der Waals surface area contributed by atoms with Gasteiger partial charge < -0.3 is 23.9 Å². The third-order valence-corrected chi connectivity index (χ3v) is 6.55. The molecule has 0 fully saturated rings. The van der Waals surface area contributed by atoms with E-state index < -0.39 is 5.97 Å². The number of aromatic nitrogens is 3. The van der Waals surface area contributed by atoms with Gasteiger partial charge in [-0.2, -0.15) is 5.26 Å². The van der Waals surface area contributed by atoms with Gasteiger partial charge in [0.2, 0.25) is 0 Å². The molecular formula is C27H24N4O5S. The summed E-state index contributed by atoms with van der Waals surface area (Å²) < 4.78 is 18.2. The molecule has 1 N–H and O–H groups in total. The molecule has 0 aliphatic heterocycles. The average molecular weight is 517 g/mol. The smallest absolute Gasteiger partial charge is 0.342 e. The summed E-state index contributed by atoms with van der Waals surface area (Å²) in [6, 6.07) is 18.5. The van der Waals surface area contributed by atoms with Gasteiger partial charge in [0, 0.05) is 23.7 Å². The average Bonchev–Trinajstić information content (AvgIpc) is 3.34. The third-order valence-electron chi connectivity index (χ3n) is 5.55. The van der Waals surface area contributed by atoms with Crippen LogP contribution in [0, 0.1) is 11.3 Å². The first-order valence-electron chi connectivity index (χ1n) is 11.3. The molecule has 0 aliphatic carbocycles. The topological polar surface area (TPSA) is 119 Å². The second kappa shape index (κ2) is 11.5. The van der Waals surface area contributed by atoms with Crippen molar-refractivity contribution in [3.05, 3.63) is 65.1 Å². The monoisotopic (exact) mass is 516 g/mol. The van der Waals surface area contributed by atoms with E-state index in [-0.39, 0.29) is 11.5 Å². The molecule has 188 valence electrons. The third kappa shape index (κ3) is 5.52. The van der Waals surface area contributed by atoms with Gasteiger partial charge in [0.05, 0.1) is 14.2 Å². The minimum atomic E-state index is -1.13. The van der Waals surface area contributed by atoms with Crippen LogP contribution >= 0.6 is 11.8 Å². The molecule has 9 nitrogen and oxygen atoms in total. The van der Waals surface area contributed by atoms with Crippen LogP contribution in [0.15, 0.2) is 64.7 Å². The summed E-state index contributed by atoms with van der Waals surface area (Å²) in [5.74, 6) is 1.04. The zero-order chi connectivity index (χ0) is 26.4. The second-order valence-electron chi connectivity index (χ2n) is 7.71. The van der Waals surface area contributed by atoms with Crippen molar-refractivity contribution in [3.63, 3.8) is 0 Å². The SMILES string of the molecule is CCn1c(S/C(=C\c2c(OCC#N)ccc3ccccc23)C(=O)O)nnc1-c1cc(OC)cc(OC)c1. The van der Waals surface area contributed by atoms with Crippen molar-refractivity contribution in [2.45, 2.75) is 18.6 Å². The zero-order valence-electron chi connectivity index (χ0n) is 20.5. The summed E-state index contributed by atoms with van der Waals surface area (Å²) in [5.41, 5.74) is 1.29. The van der Waals surface area contributed by atoms with Gasteiger partial charge in [0.25, 0.3) is 0 Å². The van der Waals surface area contributed by atoms with E-state index in [1.54, 1.807) is 32.4 Å². The number of nitriles is 1. The van der Waals surface area contributed by atoms with Crippen LogP contribution in [-0.2, 0) is 11.3 Å². The van der Waals surface area contributed by atoms with Crippen LogP contribution in [0.5, 0.6) is 17.2 Å². The highest BCUT2D eigenvalue weighted by Crippen LogP contribution is 2.36. The number of hydrogen-bond acceptors (Lipinski definition) is 8. The van der Waals surface area contributed by atoms with E-state index in [2.05, 4.69) is 10.2 Å². The minimum absolute atomic E-state index is 0.0232. The standard InChI is InChI=1S/C27H24N4O5S/c1-4-31-25(18-13-19(34-2)15-20(14-18)35-3)29-30-27(31)37-24(26(32)33)16-22-21-8-6-5-7-17(21)9-10-23(22)36-12-11-28/h5-10,13-16H,4,12H2,1-3H3,(H,32,33)/b24-16-. The van der Waals surface area contributed by atoms with E-state index in [1.165, 1.54) is 0 Å². The van der Waals surface area contributed by atoms with E-state index in [4.69, 9.17) is 19.5 Å². The number of carboxylic acid groups (broad SMARTS) is 1. The Kier molecular flexibility index (Phi) is 7.95. The second-order valence-corrected chi connectivity index (χ2v) is 8.72. The maximum Gasteiger partial charge on any atom is 0.342 e. The Labute approximate surface area is 217 Å². The highest BCUT2D eigenvalue weighted by Gasteiger charge is 2.20. The quantitative estimate of drug-likeness (QED) is 0.222. The molecule has 0 bridgehead atoms. The molecule has 1 heterocycles. The number of carboxylic acids is 1. The molecule has 0 aliphatic rings. The molecule has 0 radical (unpaired) electrons. The number of ether oxygens (including phenoxy) is 3. The van der Waals surface area contributed by atoms with Crippen LogP contribution in [0.3, 0.4) is 0 Å². The maximum atomic E-state index is 12.3. The molecule has 0 unspecified atom stereocenters. The lowest BCUT2D eigenvalue weighted by atomic mass is 10.0. The summed E-state index contributed by atoms with van der Waals surface area (Å²) >= 11 is 0.987. The van der Waals surface area contributed by atoms with E-state index in [0.717, 1.165) is 28.1 Å². The largest absolute Gasteiger partial charge is 0.497 e. The first kappa shape index (κ1) is 25.6. The number of thioether (sulfide) groups is 1. The fraction of sp³-hybridized carbons (Fsp3) is 0.185. The number of fused-ring (bicyclic) bond motifs is 1. The Morgan fingerprint density at radius 3 is 2.49 bits per heavy atom. The van der Waals surface area contributed by atoms with Crippen molar-refractivity contribution in [1.82, 2.24) is 14.8 Å². The van der Waals surface area contributed by atoms with Crippen molar-refractivity contribution in [1.29, 1.82) is 5.26 Å². The molecule has 10 heteroatoms. The van der Waals surface area contributed by atoms with Gasteiger partial charge in [-0.15, -0.1) is 10.2 Å². The molecular weight excluding hydrogens is 492 g/mol. The van der Waals surface area contributed by atoms with Crippen LogP contribution in [0.25, 0.3) is 28.2 Å². The van der Waals surface area contributed by atoms with E-state index in [1.807, 2.05) is 60.0 Å². The number of aliphatic carboxylic acids is 1. The van der Waals surface area contributed by atoms with Crippen molar-refractivity contribution < 1.29 is 24.1 Å². The molecule has 0 saturated heterocycles. The zero-order valence-corrected chi connectivity index (χ0v) is 21.3. The number of hydrogen-bond donors (Lipinski definition) is 1. The molecule has 37 heavy (non-hydrogen) atoms. The summed E-state index contributed by atoms with van der Waals surface area (Å²) in [6.07, 6.45) is 1.55. The molecule has 0 spiro atoms. The molecule has 0 amide bonds. The fourth-order valence-electron chi connectivity index (χ4n) is 3.82. The van der Waals surface area contributed by atoms with Crippen molar-refractivity contribution in [2.75, 3.05) is 20.8 Å². The maximum absolute atomic E-state index is 12.3. The van der Waals surface area contributed by atoms with E-state index >= 15 is 0 Å². The number of carbonyl (C=O) groups is 1. The van der Waals surface area contributed by atoms with Crippen LogP contribution in [0.4, 0.5) is 0 Å². The molecule has 4 aromatic rings. The predicted molar refractivity (Wildman–Crippen MR) is 141 cm³/mol. The number of rotatable bonds is 10. The Morgan fingerprint density at radius 2 is 1.84 bits per heavy atom. The van der Waals surface area contributed by atoms with Crippen LogP contribution in [0.2, 0.25) is 0 Å². The van der Waals surface area contributed by atoms with Gasteiger partial charge >= 0.3 is 5.97 Å². The van der Waals surface area contributed by atoms with Gasteiger partial charge in [-0.05, 0) is 53.7 Å². The summed E-state index contributed by atoms with van der Waals surface area (Å²) in [7, 11) is 3.13. The molecule has 0 atom stereocenters. The predicted octanol–water partition coefficient (Wildman–Crippen LogP) is 5.26. The van der Waals surface area contributed by atoms with Gasteiger partial charge in [-0.3, -0.25) is 0 Å². The van der Waals surface area contributed by atoms with Gasteiger partial charge in [0.1, 0.15) is 28.2 Å². The lowest BCUT2D eigenvalue weighted by Crippen LogP contribution is -2.03. The highest BCUT2D eigenvalue weighted by molar-refractivity contribution is 8.04. The first-order valence-corrected chi connectivity index (χ1v) is 12.1. The summed E-state index contributed by atoms with van der Waals surface area (Å²) in [6.45, 7) is 2.27. The lowest BCUT2D eigenvalue weighted by Gasteiger charge is -2.12. The number of nitrogens with zero attached hydrogens (tertiary/aromatic N) is 4. The lowest BCUT2D eigenvalue weighted by molar-refractivity contribution is -0.131. The van der Waals surface area contributed by atoms with E-state index in [9.17, 15) is 9.90 Å². The number of benzene rings is 3. The van der Waals surface area contributed by atoms with Crippen molar-refractivity contribution >= 4 is 34.6 Å². The summed E-state index contributed by atoms with van der Waals surface area (Å²) in [4.78, 5) is 12.4. The van der Waals surface area contributed by atoms with E-state index in [0.29, 0.717) is 40.3 Å². The fourth-order valence-corrected chi connectivity index (χ4v) is 4.69. The van der Waals surface area contributed by atoms with Crippen molar-refractivity contribution in [2.24, 2.45) is 0 Å². The van der Waals surface area contributed by atoms with Crippen LogP contribution in [-0.4, -0.2) is 46.7 Å². The molecule has 1 aromatic heterocycles. The van der Waals surface area contributed by atoms with Gasteiger partial charge in [0.15, 0.2) is 17.6 Å². The van der Waals surface area contributed by atoms with Crippen molar-refractivity contribution in [3.8, 4) is 34.7 Å². The number of methoxy groups -OCH3 is 2. The Bertz CT molecular complexity index is 1500. The van der Waals surface area contributed by atoms with Gasteiger partial charge in [-0.1, -0.05) is 30.3 Å². The van der Waals surface area contributed by atoms with Gasteiger partial charge in [-0.25, -0.2) is 4.79 Å². The normalized spacial score (nSPS) is 11.2. The Balaban J connectivity index is 1.79.